The molecule has 0 saturated carbocycles. The number of rotatable bonds is 3. The van der Waals surface area contributed by atoms with E-state index < -0.39 is 30.3 Å². The molecule has 0 radical (unpaired) electrons. The van der Waals surface area contributed by atoms with Crippen molar-refractivity contribution in [2.45, 2.75) is 38.6 Å². The van der Waals surface area contributed by atoms with Crippen LogP contribution in [0.5, 0.6) is 0 Å². The molecular formula is C11H13NO5. The normalized spacial score (nSPS) is 26.5. The number of nitrogens with zero attached hydrogens (tertiary/aromatic N) is 1. The Bertz CT molecular complexity index is 371. The van der Waals surface area contributed by atoms with Gasteiger partial charge in [0.25, 0.3) is 0 Å². The van der Waals surface area contributed by atoms with Gasteiger partial charge in [0.2, 0.25) is 0 Å². The molecule has 0 spiro atoms. The molecule has 0 amide bonds. The van der Waals surface area contributed by atoms with E-state index in [0.717, 1.165) is 0 Å². The Labute approximate surface area is 98.7 Å². The highest BCUT2D eigenvalue weighted by molar-refractivity contribution is 5.67. The van der Waals surface area contributed by atoms with Gasteiger partial charge in [0.15, 0.2) is 18.3 Å². The number of carbonyl (C=O) groups is 2. The summed E-state index contributed by atoms with van der Waals surface area (Å²) in [6, 6.07) is 1.92. The van der Waals surface area contributed by atoms with Crippen molar-refractivity contribution in [3.63, 3.8) is 0 Å². The standard InChI is InChI=1S/C11H13NO5/c1-7(13)16-10-4-6-15-9(3-5-12)11(10)17-8(2)14/h4,6,9-11H,3H2,1-2H3/t9-,10-,11-/m1/s1. The molecule has 0 aromatic rings. The van der Waals surface area contributed by atoms with E-state index in [1.165, 1.54) is 26.2 Å². The van der Waals surface area contributed by atoms with Crippen LogP contribution in [0.1, 0.15) is 20.3 Å². The Morgan fingerprint density at radius 2 is 2.00 bits per heavy atom. The van der Waals surface area contributed by atoms with Gasteiger partial charge in [0, 0.05) is 13.8 Å². The van der Waals surface area contributed by atoms with E-state index in [9.17, 15) is 9.59 Å². The van der Waals surface area contributed by atoms with Crippen LogP contribution in [0, 0.1) is 11.3 Å². The molecule has 0 aliphatic carbocycles. The van der Waals surface area contributed by atoms with Crippen LogP contribution in [0.15, 0.2) is 12.3 Å². The van der Waals surface area contributed by atoms with E-state index in [4.69, 9.17) is 19.5 Å². The van der Waals surface area contributed by atoms with Crippen LogP contribution in [0.4, 0.5) is 0 Å². The van der Waals surface area contributed by atoms with Crippen LogP contribution in [-0.2, 0) is 23.8 Å². The van der Waals surface area contributed by atoms with Crippen molar-refractivity contribution >= 4 is 11.9 Å². The third-order valence-corrected chi connectivity index (χ3v) is 2.11. The number of esters is 2. The molecular weight excluding hydrogens is 226 g/mol. The van der Waals surface area contributed by atoms with Gasteiger partial charge in [-0.25, -0.2) is 0 Å². The van der Waals surface area contributed by atoms with Crippen molar-refractivity contribution in [3.05, 3.63) is 12.3 Å². The zero-order valence-corrected chi connectivity index (χ0v) is 9.58. The van der Waals surface area contributed by atoms with Gasteiger partial charge in [0.1, 0.15) is 0 Å². The lowest BCUT2D eigenvalue weighted by Gasteiger charge is -2.32. The van der Waals surface area contributed by atoms with Crippen LogP contribution in [-0.4, -0.2) is 30.3 Å². The van der Waals surface area contributed by atoms with E-state index in [1.807, 2.05) is 6.07 Å². The predicted octanol–water partition coefficient (Wildman–Crippen LogP) is 0.676. The van der Waals surface area contributed by atoms with E-state index in [-0.39, 0.29) is 6.42 Å². The topological polar surface area (TPSA) is 85.6 Å². The van der Waals surface area contributed by atoms with E-state index in [1.54, 1.807) is 0 Å². The van der Waals surface area contributed by atoms with Gasteiger partial charge in [-0.05, 0) is 6.08 Å². The SMILES string of the molecule is CC(=O)O[C@H]1[C@H](OC(C)=O)C=CO[C@@H]1CC#N. The Kier molecular flexibility index (Phi) is 4.52. The van der Waals surface area contributed by atoms with Crippen molar-refractivity contribution in [1.82, 2.24) is 0 Å². The van der Waals surface area contributed by atoms with E-state index in [0.29, 0.717) is 0 Å². The molecule has 6 heteroatoms. The van der Waals surface area contributed by atoms with Gasteiger partial charge in [-0.2, -0.15) is 5.26 Å². The highest BCUT2D eigenvalue weighted by Gasteiger charge is 2.36. The Hall–Kier alpha value is -2.03. The Morgan fingerprint density at radius 3 is 2.53 bits per heavy atom. The minimum Gasteiger partial charge on any atom is -0.493 e. The Morgan fingerprint density at radius 1 is 1.35 bits per heavy atom. The van der Waals surface area contributed by atoms with Crippen molar-refractivity contribution in [2.75, 3.05) is 0 Å². The largest absolute Gasteiger partial charge is 0.493 e. The first kappa shape index (κ1) is 13.0. The molecule has 92 valence electrons. The molecule has 0 N–H and O–H groups in total. The fourth-order valence-corrected chi connectivity index (χ4v) is 1.51. The van der Waals surface area contributed by atoms with Gasteiger partial charge >= 0.3 is 11.9 Å². The second-order valence-electron chi connectivity index (χ2n) is 3.51. The summed E-state index contributed by atoms with van der Waals surface area (Å²) in [5, 5.41) is 8.64. The summed E-state index contributed by atoms with van der Waals surface area (Å²) >= 11 is 0. The molecule has 1 aliphatic heterocycles. The average Bonchev–Trinajstić information content (AvgIpc) is 2.21. The first-order valence-electron chi connectivity index (χ1n) is 5.08. The summed E-state index contributed by atoms with van der Waals surface area (Å²) in [6.45, 7) is 2.50. The van der Waals surface area contributed by atoms with Crippen molar-refractivity contribution in [1.29, 1.82) is 5.26 Å². The Balaban J connectivity index is 2.81. The maximum Gasteiger partial charge on any atom is 0.303 e. The summed E-state index contributed by atoms with van der Waals surface area (Å²) in [7, 11) is 0. The maximum atomic E-state index is 11.0. The third kappa shape index (κ3) is 3.79. The molecule has 0 fully saturated rings. The molecule has 17 heavy (non-hydrogen) atoms. The molecule has 6 nitrogen and oxygen atoms in total. The van der Waals surface area contributed by atoms with E-state index in [2.05, 4.69) is 0 Å². The van der Waals surface area contributed by atoms with Crippen LogP contribution in [0.25, 0.3) is 0 Å². The highest BCUT2D eigenvalue weighted by Crippen LogP contribution is 2.21. The second kappa shape index (κ2) is 5.89. The summed E-state index contributed by atoms with van der Waals surface area (Å²) in [5.41, 5.74) is 0. The van der Waals surface area contributed by atoms with Crippen LogP contribution in [0.3, 0.4) is 0 Å². The lowest BCUT2D eigenvalue weighted by atomic mass is 10.0. The maximum absolute atomic E-state index is 11.0. The molecule has 0 unspecified atom stereocenters. The van der Waals surface area contributed by atoms with Gasteiger partial charge < -0.3 is 14.2 Å². The second-order valence-corrected chi connectivity index (χ2v) is 3.51. The zero-order chi connectivity index (χ0) is 12.8. The van der Waals surface area contributed by atoms with E-state index >= 15 is 0 Å². The highest BCUT2D eigenvalue weighted by atomic mass is 16.6. The lowest BCUT2D eigenvalue weighted by molar-refractivity contribution is -0.173. The molecule has 3 atom stereocenters. The lowest BCUT2D eigenvalue weighted by Crippen LogP contribution is -2.45. The van der Waals surface area contributed by atoms with Gasteiger partial charge in [-0.1, -0.05) is 0 Å². The van der Waals surface area contributed by atoms with Crippen LogP contribution < -0.4 is 0 Å². The van der Waals surface area contributed by atoms with Crippen molar-refractivity contribution in [3.8, 4) is 6.07 Å². The zero-order valence-electron chi connectivity index (χ0n) is 9.58. The molecule has 1 heterocycles. The molecule has 0 bridgehead atoms. The molecule has 0 aromatic carbocycles. The monoisotopic (exact) mass is 239 g/mol. The fourth-order valence-electron chi connectivity index (χ4n) is 1.51. The van der Waals surface area contributed by atoms with Crippen molar-refractivity contribution < 1.29 is 23.8 Å². The quantitative estimate of drug-likeness (QED) is 0.673. The summed E-state index contributed by atoms with van der Waals surface area (Å²) in [4.78, 5) is 21.9. The molecule has 1 rings (SSSR count). The van der Waals surface area contributed by atoms with Crippen LogP contribution >= 0.6 is 0 Å². The first-order valence-corrected chi connectivity index (χ1v) is 5.08. The van der Waals surface area contributed by atoms with Gasteiger partial charge in [-0.15, -0.1) is 0 Å². The smallest absolute Gasteiger partial charge is 0.303 e. The summed E-state index contributed by atoms with van der Waals surface area (Å²) < 4.78 is 15.2. The summed E-state index contributed by atoms with van der Waals surface area (Å²) in [6.07, 6.45) is 0.723. The van der Waals surface area contributed by atoms with Gasteiger partial charge in [0.05, 0.1) is 18.8 Å². The molecule has 1 aliphatic rings. The minimum atomic E-state index is -0.791. The number of carbonyl (C=O) groups excluding carboxylic acids is 2. The molecule has 0 aromatic heterocycles. The predicted molar refractivity (Wildman–Crippen MR) is 55.4 cm³/mol. The average molecular weight is 239 g/mol. The number of hydrogen-bond acceptors (Lipinski definition) is 6. The summed E-state index contributed by atoms with van der Waals surface area (Å²) in [5.74, 6) is -1.01. The van der Waals surface area contributed by atoms with Gasteiger partial charge in [-0.3, -0.25) is 9.59 Å². The fraction of sp³-hybridized carbons (Fsp3) is 0.545. The van der Waals surface area contributed by atoms with Crippen LogP contribution in [0.2, 0.25) is 0 Å². The number of hydrogen-bond donors (Lipinski definition) is 0. The molecule has 0 saturated heterocycles. The van der Waals surface area contributed by atoms with Crippen molar-refractivity contribution in [2.24, 2.45) is 0 Å². The number of nitriles is 1. The first-order chi connectivity index (χ1) is 8.04. The minimum absolute atomic E-state index is 0.0417. The number of ether oxygens (including phenoxy) is 3. The third-order valence-electron chi connectivity index (χ3n) is 2.11.